The van der Waals surface area contributed by atoms with Gasteiger partial charge in [0.25, 0.3) is 0 Å². The van der Waals surface area contributed by atoms with Gasteiger partial charge in [0, 0.05) is 0 Å². The maximum Gasteiger partial charge on any atom is 0.530 e. The normalized spacial score (nSPS) is 12.4. The summed E-state index contributed by atoms with van der Waals surface area (Å²) in [5, 5.41) is 0. The Labute approximate surface area is 271 Å². The summed E-state index contributed by atoms with van der Waals surface area (Å²) in [5.41, 5.74) is 0.554. The predicted octanol–water partition coefficient (Wildman–Crippen LogP) is 10.8. The van der Waals surface area contributed by atoms with Gasteiger partial charge in [-0.25, -0.2) is 13.7 Å². The molecule has 45 heavy (non-hydrogen) atoms. The summed E-state index contributed by atoms with van der Waals surface area (Å²) in [6.45, 7) is 12.1. The van der Waals surface area contributed by atoms with Gasteiger partial charge >= 0.3 is 23.5 Å². The molecule has 0 fully saturated rings. The molecule has 1 aromatic rings. The fourth-order valence-electron chi connectivity index (χ4n) is 4.41. The second kappa shape index (κ2) is 23.4. The molecule has 12 nitrogen and oxygen atoms in total. The summed E-state index contributed by atoms with van der Waals surface area (Å²) in [6, 6.07) is 3.15. The summed E-state index contributed by atoms with van der Waals surface area (Å²) in [4.78, 5) is 0. The molecule has 0 aliphatic heterocycles. The van der Waals surface area contributed by atoms with Crippen LogP contribution < -0.4 is 13.6 Å². The maximum absolute atomic E-state index is 13.6. The van der Waals surface area contributed by atoms with Crippen molar-refractivity contribution in [2.24, 2.45) is 0 Å². The van der Waals surface area contributed by atoms with Crippen LogP contribution in [-0.2, 0) is 47.3 Å². The van der Waals surface area contributed by atoms with Crippen molar-refractivity contribution < 1.29 is 54.4 Å². The van der Waals surface area contributed by atoms with Gasteiger partial charge in [-0.2, -0.15) is 0 Å². The van der Waals surface area contributed by atoms with E-state index >= 15 is 0 Å². The molecule has 0 radical (unpaired) electrons. The first-order valence-corrected chi connectivity index (χ1v) is 20.9. The summed E-state index contributed by atoms with van der Waals surface area (Å²) < 4.78 is 90.5. The highest BCUT2D eigenvalue weighted by Gasteiger charge is 2.38. The lowest BCUT2D eigenvalue weighted by molar-refractivity contribution is 0.152. The Hall–Kier alpha value is -0.930. The van der Waals surface area contributed by atoms with Crippen molar-refractivity contribution in [2.45, 2.75) is 119 Å². The van der Waals surface area contributed by atoms with E-state index in [0.29, 0.717) is 12.0 Å². The van der Waals surface area contributed by atoms with Crippen molar-refractivity contribution in [1.82, 2.24) is 0 Å². The molecule has 0 aliphatic rings. The van der Waals surface area contributed by atoms with Crippen LogP contribution in [0.5, 0.6) is 17.2 Å². The third-order valence-electron chi connectivity index (χ3n) is 6.30. The van der Waals surface area contributed by atoms with Gasteiger partial charge in [0.15, 0.2) is 11.5 Å². The highest BCUT2D eigenvalue weighted by Crippen LogP contribution is 2.61. The Morgan fingerprint density at radius 2 is 0.800 bits per heavy atom. The number of hydrogen-bond donors (Lipinski definition) is 0. The van der Waals surface area contributed by atoms with Gasteiger partial charge in [-0.15, -0.1) is 0 Å². The Morgan fingerprint density at radius 1 is 0.444 bits per heavy atom. The minimum atomic E-state index is -4.26. The number of unbranched alkanes of at least 4 members (excludes halogenated alkanes) is 9. The monoisotopic (exact) mass is 702 g/mol. The third kappa shape index (κ3) is 16.1. The summed E-state index contributed by atoms with van der Waals surface area (Å²) >= 11 is 0. The Kier molecular flexibility index (Phi) is 21.9. The first-order valence-electron chi connectivity index (χ1n) is 16.5. The predicted molar refractivity (Wildman–Crippen MR) is 176 cm³/mol. The fraction of sp³-hybridized carbons (Fsp3) is 0.800. The van der Waals surface area contributed by atoms with Crippen LogP contribution in [0.4, 0.5) is 0 Å². The van der Waals surface area contributed by atoms with Gasteiger partial charge in [-0.3, -0.25) is 27.1 Å². The number of benzene rings is 1. The van der Waals surface area contributed by atoms with E-state index in [9.17, 15) is 13.7 Å². The van der Waals surface area contributed by atoms with Gasteiger partial charge < -0.3 is 13.6 Å². The van der Waals surface area contributed by atoms with E-state index < -0.39 is 23.5 Å². The fourth-order valence-corrected chi connectivity index (χ4v) is 8.05. The number of phosphoric acid groups is 3. The van der Waals surface area contributed by atoms with Crippen molar-refractivity contribution >= 4 is 23.5 Å². The Bertz CT molecular complexity index is 1050. The molecule has 0 saturated carbocycles. The molecule has 0 N–H and O–H groups in total. The van der Waals surface area contributed by atoms with Crippen LogP contribution in [0.25, 0.3) is 0 Å². The van der Waals surface area contributed by atoms with Crippen molar-refractivity contribution in [2.75, 3.05) is 39.6 Å². The highest BCUT2D eigenvalue weighted by atomic mass is 31.2. The molecule has 0 amide bonds. The van der Waals surface area contributed by atoms with Crippen molar-refractivity contribution in [3.63, 3.8) is 0 Å². The largest absolute Gasteiger partial charge is 0.530 e. The van der Waals surface area contributed by atoms with Crippen LogP contribution in [0.3, 0.4) is 0 Å². The molecule has 0 unspecified atom stereocenters. The van der Waals surface area contributed by atoms with Crippen LogP contribution in [-0.4, -0.2) is 39.6 Å². The van der Waals surface area contributed by atoms with Gasteiger partial charge in [0.1, 0.15) is 0 Å². The summed E-state index contributed by atoms with van der Waals surface area (Å²) in [6.07, 6.45) is 12.0. The number of phosphoric ester groups is 3. The Morgan fingerprint density at radius 3 is 1.20 bits per heavy atom. The van der Waals surface area contributed by atoms with Crippen LogP contribution in [0.15, 0.2) is 12.1 Å². The van der Waals surface area contributed by atoms with Crippen molar-refractivity contribution in [3.05, 3.63) is 17.7 Å². The highest BCUT2D eigenvalue weighted by molar-refractivity contribution is 7.49. The van der Waals surface area contributed by atoms with Crippen LogP contribution in [0, 0.1) is 0 Å². The van der Waals surface area contributed by atoms with Gasteiger partial charge in [-0.1, -0.05) is 70.8 Å². The Balaban J connectivity index is 3.54. The lowest BCUT2D eigenvalue weighted by Crippen LogP contribution is -2.09. The minimum Gasteiger partial charge on any atom is -0.400 e. The molecule has 0 atom stereocenters. The molecule has 0 aromatic heterocycles. The molecule has 0 bridgehead atoms. The molecular formula is C30H57O12P3. The minimum absolute atomic E-state index is 0.00524. The maximum atomic E-state index is 13.6. The van der Waals surface area contributed by atoms with E-state index in [-0.39, 0.29) is 56.9 Å². The van der Waals surface area contributed by atoms with Gasteiger partial charge in [-0.05, 0) is 66.0 Å². The summed E-state index contributed by atoms with van der Waals surface area (Å²) in [5.74, 6) is -0.641. The van der Waals surface area contributed by atoms with Gasteiger partial charge in [0.05, 0.1) is 39.6 Å². The number of aryl methyl sites for hydroxylation is 1. The van der Waals surface area contributed by atoms with Crippen LogP contribution in [0.2, 0.25) is 0 Å². The number of rotatable bonds is 29. The van der Waals surface area contributed by atoms with Crippen LogP contribution in [0.1, 0.15) is 118 Å². The number of hydrogen-bond acceptors (Lipinski definition) is 12. The topological polar surface area (TPSA) is 134 Å². The standard InChI is InChI=1S/C30H57O12P3/c1-8-15-16-17-18-19-20-21-22-23-24-27-25-26-28(40-43(31,34-9-2)35-10-3)30(42-45(33,38-13-6)39-14-7)29(27)41-44(32,36-11-4)37-12-5/h25-26H,8-24H2,1-7H3. The van der Waals surface area contributed by atoms with E-state index in [1.807, 2.05) is 0 Å². The SMILES string of the molecule is CCCCCCCCCCCCc1ccc(OP(=O)(OCC)OCC)c(OP(=O)(OCC)OCC)c1OP(=O)(OCC)OCC. The molecule has 264 valence electrons. The first kappa shape index (κ1) is 42.1. The molecule has 1 aromatic carbocycles. The van der Waals surface area contributed by atoms with E-state index in [4.69, 9.17) is 40.7 Å². The van der Waals surface area contributed by atoms with Crippen molar-refractivity contribution in [1.29, 1.82) is 0 Å². The van der Waals surface area contributed by atoms with E-state index in [2.05, 4.69) is 6.92 Å². The zero-order valence-electron chi connectivity index (χ0n) is 28.4. The molecule has 0 saturated heterocycles. The van der Waals surface area contributed by atoms with Gasteiger partial charge in [0.2, 0.25) is 5.75 Å². The quantitative estimate of drug-likeness (QED) is 0.0580. The molecule has 1 rings (SSSR count). The van der Waals surface area contributed by atoms with Crippen LogP contribution >= 0.6 is 23.5 Å². The lowest BCUT2D eigenvalue weighted by Gasteiger charge is -2.26. The zero-order valence-corrected chi connectivity index (χ0v) is 31.1. The summed E-state index contributed by atoms with van der Waals surface area (Å²) in [7, 11) is -12.6. The van der Waals surface area contributed by atoms with E-state index in [1.54, 1.807) is 47.6 Å². The average molecular weight is 703 g/mol. The third-order valence-corrected chi connectivity index (χ3v) is 11.0. The molecular weight excluding hydrogens is 645 g/mol. The first-order chi connectivity index (χ1) is 21.6. The second-order valence-electron chi connectivity index (χ2n) is 9.94. The van der Waals surface area contributed by atoms with Crippen molar-refractivity contribution in [3.8, 4) is 17.2 Å². The van der Waals surface area contributed by atoms with E-state index in [1.165, 1.54) is 44.6 Å². The second-order valence-corrected chi connectivity index (χ2v) is 14.7. The average Bonchev–Trinajstić information content (AvgIpc) is 2.97. The van der Waals surface area contributed by atoms with E-state index in [0.717, 1.165) is 25.7 Å². The zero-order chi connectivity index (χ0) is 33.6. The molecule has 0 aliphatic carbocycles. The molecule has 0 spiro atoms. The molecule has 0 heterocycles. The smallest absolute Gasteiger partial charge is 0.400 e. The lowest BCUT2D eigenvalue weighted by atomic mass is 10.0. The molecule has 15 heteroatoms.